The van der Waals surface area contributed by atoms with E-state index >= 15 is 0 Å². The number of halogens is 1. The highest BCUT2D eigenvalue weighted by molar-refractivity contribution is 14.0. The van der Waals surface area contributed by atoms with Crippen molar-refractivity contribution in [1.82, 2.24) is 20.4 Å². The van der Waals surface area contributed by atoms with Crippen molar-refractivity contribution < 1.29 is 0 Å². The molecule has 1 atom stereocenters. The lowest BCUT2D eigenvalue weighted by atomic mass is 10.0. The highest BCUT2D eigenvalue weighted by atomic mass is 127. The number of rotatable bonds is 7. The zero-order valence-electron chi connectivity index (χ0n) is 16.7. The lowest BCUT2D eigenvalue weighted by Gasteiger charge is -2.40. The van der Waals surface area contributed by atoms with Crippen LogP contribution in [0, 0.1) is 5.92 Å². The number of likely N-dealkylation sites (N-methyl/N-ethyl adjacent to an activating group) is 1. The molecular weight excluding hydrogens is 437 g/mol. The van der Waals surface area contributed by atoms with Crippen LogP contribution in [0.5, 0.6) is 0 Å². The third kappa shape index (κ3) is 7.80. The third-order valence-electron chi connectivity index (χ3n) is 4.69. The normalized spacial score (nSPS) is 19.3. The van der Waals surface area contributed by atoms with Gasteiger partial charge in [0.25, 0.3) is 0 Å². The van der Waals surface area contributed by atoms with Crippen LogP contribution in [0.15, 0.2) is 35.3 Å². The van der Waals surface area contributed by atoms with Gasteiger partial charge in [-0.1, -0.05) is 44.2 Å². The summed E-state index contributed by atoms with van der Waals surface area (Å²) in [5.74, 6) is 1.53. The van der Waals surface area contributed by atoms with Crippen molar-refractivity contribution in [3.8, 4) is 0 Å². The SMILES string of the molecule is CN=C(NCCCN1CCN(C)CC1c1ccccc1)NCC(C)C.I. The van der Waals surface area contributed by atoms with E-state index in [4.69, 9.17) is 0 Å². The van der Waals surface area contributed by atoms with Crippen molar-refractivity contribution in [3.63, 3.8) is 0 Å². The van der Waals surface area contributed by atoms with Crippen molar-refractivity contribution in [3.05, 3.63) is 35.9 Å². The summed E-state index contributed by atoms with van der Waals surface area (Å²) in [6.07, 6.45) is 1.12. The first-order valence-corrected chi connectivity index (χ1v) is 9.52. The maximum absolute atomic E-state index is 4.29. The van der Waals surface area contributed by atoms with Crippen LogP contribution >= 0.6 is 24.0 Å². The zero-order valence-corrected chi connectivity index (χ0v) is 19.1. The molecular formula is C20H36IN5. The number of nitrogens with zero attached hydrogens (tertiary/aromatic N) is 3. The van der Waals surface area contributed by atoms with E-state index < -0.39 is 0 Å². The summed E-state index contributed by atoms with van der Waals surface area (Å²) < 4.78 is 0. The second-order valence-corrected chi connectivity index (χ2v) is 7.35. The fourth-order valence-corrected chi connectivity index (χ4v) is 3.23. The van der Waals surface area contributed by atoms with Crippen LogP contribution in [0.4, 0.5) is 0 Å². The molecule has 0 radical (unpaired) electrons. The number of guanidine groups is 1. The molecule has 1 aliphatic heterocycles. The Labute approximate surface area is 176 Å². The summed E-state index contributed by atoms with van der Waals surface area (Å²) in [4.78, 5) is 9.35. The number of benzene rings is 1. The molecule has 0 amide bonds. The Morgan fingerprint density at radius 1 is 1.19 bits per heavy atom. The minimum absolute atomic E-state index is 0. The van der Waals surface area contributed by atoms with Gasteiger partial charge in [0.15, 0.2) is 5.96 Å². The first-order chi connectivity index (χ1) is 12.1. The molecule has 1 aromatic rings. The van der Waals surface area contributed by atoms with Gasteiger partial charge >= 0.3 is 0 Å². The van der Waals surface area contributed by atoms with E-state index in [1.54, 1.807) is 0 Å². The molecule has 1 saturated heterocycles. The van der Waals surface area contributed by atoms with Gasteiger partial charge in [0.2, 0.25) is 0 Å². The van der Waals surface area contributed by atoms with E-state index in [1.807, 2.05) is 7.05 Å². The van der Waals surface area contributed by atoms with E-state index in [1.165, 1.54) is 5.56 Å². The molecule has 1 aromatic carbocycles. The summed E-state index contributed by atoms with van der Waals surface area (Å²) in [6, 6.07) is 11.4. The second-order valence-electron chi connectivity index (χ2n) is 7.35. The van der Waals surface area contributed by atoms with Gasteiger partial charge in [-0.3, -0.25) is 9.89 Å². The van der Waals surface area contributed by atoms with Gasteiger partial charge in [0.1, 0.15) is 0 Å². The number of aliphatic imine (C=N–C) groups is 1. The second kappa shape index (κ2) is 12.5. The fourth-order valence-electron chi connectivity index (χ4n) is 3.23. The molecule has 1 unspecified atom stereocenters. The molecule has 0 spiro atoms. The van der Waals surface area contributed by atoms with Gasteiger partial charge in [-0.2, -0.15) is 0 Å². The third-order valence-corrected chi connectivity index (χ3v) is 4.69. The summed E-state index contributed by atoms with van der Waals surface area (Å²) in [7, 11) is 4.06. The van der Waals surface area contributed by atoms with Crippen LogP contribution in [0.2, 0.25) is 0 Å². The largest absolute Gasteiger partial charge is 0.356 e. The minimum atomic E-state index is 0. The molecule has 0 aliphatic carbocycles. The van der Waals surface area contributed by atoms with Crippen LogP contribution in [0.1, 0.15) is 31.9 Å². The van der Waals surface area contributed by atoms with Crippen LogP contribution in [0.3, 0.4) is 0 Å². The Bertz CT molecular complexity index is 520. The predicted molar refractivity (Wildman–Crippen MR) is 122 cm³/mol. The first-order valence-electron chi connectivity index (χ1n) is 9.52. The van der Waals surface area contributed by atoms with E-state index in [2.05, 4.69) is 76.7 Å². The summed E-state index contributed by atoms with van der Waals surface area (Å²) >= 11 is 0. The maximum Gasteiger partial charge on any atom is 0.190 e. The Balaban J connectivity index is 0.00000338. The van der Waals surface area contributed by atoms with Crippen LogP contribution < -0.4 is 10.6 Å². The van der Waals surface area contributed by atoms with E-state index in [0.29, 0.717) is 12.0 Å². The molecule has 1 heterocycles. The first kappa shape index (κ1) is 23.2. The average Bonchev–Trinajstić information content (AvgIpc) is 2.62. The fraction of sp³-hybridized carbons (Fsp3) is 0.650. The van der Waals surface area contributed by atoms with Gasteiger partial charge in [-0.25, -0.2) is 0 Å². The Hall–Kier alpha value is -0.860. The van der Waals surface area contributed by atoms with E-state index in [-0.39, 0.29) is 24.0 Å². The Kier molecular flexibility index (Phi) is 11.2. The number of hydrogen-bond donors (Lipinski definition) is 2. The Morgan fingerprint density at radius 3 is 2.58 bits per heavy atom. The van der Waals surface area contributed by atoms with Crippen LogP contribution in [0.25, 0.3) is 0 Å². The van der Waals surface area contributed by atoms with Gasteiger partial charge in [-0.15, -0.1) is 24.0 Å². The molecule has 148 valence electrons. The standard InChI is InChI=1S/C20H35N5.HI/c1-17(2)15-23-20(21-3)22-11-8-12-25-14-13-24(4)16-19(25)18-9-6-5-7-10-18;/h5-7,9-10,17,19H,8,11-16H2,1-4H3,(H2,21,22,23);1H. The van der Waals surface area contributed by atoms with E-state index in [9.17, 15) is 0 Å². The lowest BCUT2D eigenvalue weighted by Crippen LogP contribution is -2.47. The molecule has 0 aromatic heterocycles. The minimum Gasteiger partial charge on any atom is -0.356 e. The molecule has 1 fully saturated rings. The highest BCUT2D eigenvalue weighted by Crippen LogP contribution is 2.24. The molecule has 0 bridgehead atoms. The molecule has 26 heavy (non-hydrogen) atoms. The smallest absolute Gasteiger partial charge is 0.190 e. The van der Waals surface area contributed by atoms with Gasteiger partial charge in [0.05, 0.1) is 0 Å². The number of hydrogen-bond acceptors (Lipinski definition) is 3. The van der Waals surface area contributed by atoms with Gasteiger partial charge < -0.3 is 15.5 Å². The monoisotopic (exact) mass is 473 g/mol. The number of nitrogens with one attached hydrogen (secondary N) is 2. The summed E-state index contributed by atoms with van der Waals surface area (Å²) in [5, 5.41) is 6.80. The van der Waals surface area contributed by atoms with Gasteiger partial charge in [-0.05, 0) is 24.9 Å². The van der Waals surface area contributed by atoms with E-state index in [0.717, 1.165) is 51.6 Å². The maximum atomic E-state index is 4.29. The molecule has 6 heteroatoms. The molecule has 0 saturated carbocycles. The molecule has 1 aliphatic rings. The summed E-state index contributed by atoms with van der Waals surface area (Å²) in [5.41, 5.74) is 1.43. The zero-order chi connectivity index (χ0) is 18.1. The van der Waals surface area contributed by atoms with Crippen molar-refractivity contribution >= 4 is 29.9 Å². The quantitative estimate of drug-likeness (QED) is 0.277. The molecule has 5 nitrogen and oxygen atoms in total. The molecule has 2 rings (SSSR count). The summed E-state index contributed by atoms with van der Waals surface area (Å²) in [6.45, 7) is 10.8. The average molecular weight is 473 g/mol. The topological polar surface area (TPSA) is 42.9 Å². The Morgan fingerprint density at radius 2 is 1.92 bits per heavy atom. The molecule has 2 N–H and O–H groups in total. The predicted octanol–water partition coefficient (Wildman–Crippen LogP) is 2.80. The van der Waals surface area contributed by atoms with Crippen LogP contribution in [-0.4, -0.2) is 69.1 Å². The van der Waals surface area contributed by atoms with Crippen molar-refractivity contribution in [2.24, 2.45) is 10.9 Å². The van der Waals surface area contributed by atoms with Crippen molar-refractivity contribution in [2.75, 3.05) is 53.4 Å². The van der Waals surface area contributed by atoms with Crippen molar-refractivity contribution in [2.45, 2.75) is 26.3 Å². The van der Waals surface area contributed by atoms with Crippen LogP contribution in [-0.2, 0) is 0 Å². The van der Waals surface area contributed by atoms with Gasteiger partial charge in [0, 0.05) is 52.4 Å². The lowest BCUT2D eigenvalue weighted by molar-refractivity contribution is 0.0891. The number of piperazine rings is 1. The van der Waals surface area contributed by atoms with Crippen molar-refractivity contribution in [1.29, 1.82) is 0 Å². The highest BCUT2D eigenvalue weighted by Gasteiger charge is 2.25.